The average molecular weight is 295 g/mol. The monoisotopic (exact) mass is 294 g/mol. The van der Waals surface area contributed by atoms with Crippen molar-refractivity contribution in [3.05, 3.63) is 0 Å². The lowest BCUT2D eigenvalue weighted by Gasteiger charge is -2.40. The molecule has 2 heteroatoms. The summed E-state index contributed by atoms with van der Waals surface area (Å²) in [6, 6.07) is 1.58. The van der Waals surface area contributed by atoms with Crippen LogP contribution in [-0.2, 0) is 0 Å². The zero-order valence-electron chi connectivity index (χ0n) is 14.5. The summed E-state index contributed by atoms with van der Waals surface area (Å²) < 4.78 is 0. The van der Waals surface area contributed by atoms with Crippen LogP contribution in [0.25, 0.3) is 0 Å². The van der Waals surface area contributed by atoms with E-state index in [2.05, 4.69) is 24.5 Å². The molecule has 0 aromatic heterocycles. The van der Waals surface area contributed by atoms with Crippen molar-refractivity contribution >= 4 is 0 Å². The molecule has 1 aliphatic carbocycles. The summed E-state index contributed by atoms with van der Waals surface area (Å²) in [4.78, 5) is 0. The Bertz CT molecular complexity index is 260. The van der Waals surface area contributed by atoms with Gasteiger partial charge in [0.15, 0.2) is 0 Å². The van der Waals surface area contributed by atoms with Crippen LogP contribution in [0.2, 0.25) is 0 Å². The number of unbranched alkanes of at least 4 members (excludes halogenated alkanes) is 1. The van der Waals surface area contributed by atoms with Crippen LogP contribution in [0.15, 0.2) is 0 Å². The molecule has 124 valence electrons. The standard InChI is InChI=1S/C19H38N2/c1-3-5-10-16(4-2)15-21-19-12-7-6-11-17(19)18-13-8-9-14-20-18/h16-21H,3-15H2,1-2H3. The third-order valence-corrected chi connectivity index (χ3v) is 5.90. The van der Waals surface area contributed by atoms with Gasteiger partial charge in [-0.1, -0.05) is 52.4 Å². The van der Waals surface area contributed by atoms with Gasteiger partial charge in [0.2, 0.25) is 0 Å². The van der Waals surface area contributed by atoms with Gasteiger partial charge in [0.25, 0.3) is 0 Å². The first-order chi connectivity index (χ1) is 10.3. The molecule has 2 rings (SSSR count). The first-order valence-electron chi connectivity index (χ1n) is 9.81. The van der Waals surface area contributed by atoms with Crippen molar-refractivity contribution in [3.63, 3.8) is 0 Å². The van der Waals surface area contributed by atoms with Crippen molar-refractivity contribution in [2.24, 2.45) is 11.8 Å². The highest BCUT2D eigenvalue weighted by Gasteiger charge is 2.32. The largest absolute Gasteiger partial charge is 0.314 e. The minimum Gasteiger partial charge on any atom is -0.314 e. The van der Waals surface area contributed by atoms with Crippen molar-refractivity contribution in [1.82, 2.24) is 10.6 Å². The SMILES string of the molecule is CCCCC(CC)CNC1CCCCC1C1CCCCN1. The molecule has 2 aliphatic rings. The molecule has 4 atom stereocenters. The molecule has 0 bridgehead atoms. The van der Waals surface area contributed by atoms with Gasteiger partial charge in [-0.2, -0.15) is 0 Å². The minimum atomic E-state index is 0.782. The van der Waals surface area contributed by atoms with Gasteiger partial charge in [-0.25, -0.2) is 0 Å². The summed E-state index contributed by atoms with van der Waals surface area (Å²) >= 11 is 0. The Morgan fingerprint density at radius 1 is 1.05 bits per heavy atom. The number of hydrogen-bond donors (Lipinski definition) is 2. The fraction of sp³-hybridized carbons (Fsp3) is 1.00. The summed E-state index contributed by atoms with van der Waals surface area (Å²) in [5, 5.41) is 7.80. The Labute approximate surface area is 132 Å². The molecular formula is C19H38N2. The van der Waals surface area contributed by atoms with E-state index in [0.717, 1.165) is 23.9 Å². The van der Waals surface area contributed by atoms with Crippen molar-refractivity contribution in [2.75, 3.05) is 13.1 Å². The van der Waals surface area contributed by atoms with E-state index in [0.29, 0.717) is 0 Å². The second-order valence-corrected chi connectivity index (χ2v) is 7.44. The summed E-state index contributed by atoms with van der Waals surface area (Å²) in [6.45, 7) is 7.18. The Kier molecular flexibility index (Phi) is 8.10. The van der Waals surface area contributed by atoms with E-state index in [9.17, 15) is 0 Å². The van der Waals surface area contributed by atoms with Crippen molar-refractivity contribution < 1.29 is 0 Å². The molecule has 0 spiro atoms. The van der Waals surface area contributed by atoms with Crippen LogP contribution in [0.5, 0.6) is 0 Å². The van der Waals surface area contributed by atoms with Gasteiger partial charge in [-0.3, -0.25) is 0 Å². The Hall–Kier alpha value is -0.0800. The highest BCUT2D eigenvalue weighted by atomic mass is 15.0. The molecule has 4 unspecified atom stereocenters. The Morgan fingerprint density at radius 3 is 2.57 bits per heavy atom. The predicted octanol–water partition coefficient (Wildman–Crippen LogP) is 4.49. The van der Waals surface area contributed by atoms with E-state index in [4.69, 9.17) is 0 Å². The third kappa shape index (κ3) is 5.56. The number of hydrogen-bond acceptors (Lipinski definition) is 2. The van der Waals surface area contributed by atoms with Gasteiger partial charge in [0.1, 0.15) is 0 Å². The van der Waals surface area contributed by atoms with Gasteiger partial charge in [-0.15, -0.1) is 0 Å². The number of nitrogens with one attached hydrogen (secondary N) is 2. The molecule has 0 aromatic rings. The molecule has 21 heavy (non-hydrogen) atoms. The van der Waals surface area contributed by atoms with Crippen LogP contribution in [0, 0.1) is 11.8 Å². The lowest BCUT2D eigenvalue weighted by atomic mass is 9.77. The molecule has 0 aromatic carbocycles. The van der Waals surface area contributed by atoms with Gasteiger partial charge in [0.05, 0.1) is 0 Å². The zero-order valence-corrected chi connectivity index (χ0v) is 14.5. The van der Waals surface area contributed by atoms with E-state index in [1.165, 1.54) is 83.7 Å². The third-order valence-electron chi connectivity index (χ3n) is 5.90. The first-order valence-corrected chi connectivity index (χ1v) is 9.81. The van der Waals surface area contributed by atoms with Crippen molar-refractivity contribution in [1.29, 1.82) is 0 Å². The van der Waals surface area contributed by atoms with E-state index in [1.807, 2.05) is 0 Å². The van der Waals surface area contributed by atoms with Crippen LogP contribution in [0.3, 0.4) is 0 Å². The summed E-state index contributed by atoms with van der Waals surface area (Å²) in [7, 11) is 0. The lowest BCUT2D eigenvalue weighted by Crippen LogP contribution is -2.51. The molecule has 2 N–H and O–H groups in total. The molecule has 0 amide bonds. The second kappa shape index (κ2) is 9.84. The highest BCUT2D eigenvalue weighted by Crippen LogP contribution is 2.30. The van der Waals surface area contributed by atoms with Crippen LogP contribution < -0.4 is 10.6 Å². The fourth-order valence-corrected chi connectivity index (χ4v) is 4.40. The Morgan fingerprint density at radius 2 is 1.86 bits per heavy atom. The topological polar surface area (TPSA) is 24.1 Å². The molecular weight excluding hydrogens is 256 g/mol. The number of piperidine rings is 1. The molecule has 1 aliphatic heterocycles. The maximum Gasteiger partial charge on any atom is 0.0110 e. The zero-order chi connectivity index (χ0) is 14.9. The Balaban J connectivity index is 1.80. The van der Waals surface area contributed by atoms with Crippen LogP contribution in [-0.4, -0.2) is 25.2 Å². The maximum atomic E-state index is 3.99. The van der Waals surface area contributed by atoms with Gasteiger partial charge >= 0.3 is 0 Å². The lowest BCUT2D eigenvalue weighted by molar-refractivity contribution is 0.176. The van der Waals surface area contributed by atoms with Crippen molar-refractivity contribution in [3.8, 4) is 0 Å². The van der Waals surface area contributed by atoms with E-state index in [-0.39, 0.29) is 0 Å². The second-order valence-electron chi connectivity index (χ2n) is 7.44. The summed E-state index contributed by atoms with van der Waals surface area (Å²) in [5.74, 6) is 1.79. The molecule has 1 saturated heterocycles. The quantitative estimate of drug-likeness (QED) is 0.689. The van der Waals surface area contributed by atoms with E-state index < -0.39 is 0 Å². The average Bonchev–Trinajstić information content (AvgIpc) is 2.56. The van der Waals surface area contributed by atoms with Crippen LogP contribution >= 0.6 is 0 Å². The van der Waals surface area contributed by atoms with E-state index >= 15 is 0 Å². The summed E-state index contributed by atoms with van der Waals surface area (Å²) in [5.41, 5.74) is 0. The predicted molar refractivity (Wildman–Crippen MR) is 92.7 cm³/mol. The molecule has 2 nitrogen and oxygen atoms in total. The fourth-order valence-electron chi connectivity index (χ4n) is 4.40. The minimum absolute atomic E-state index is 0.782. The highest BCUT2D eigenvalue weighted by molar-refractivity contribution is 4.90. The molecule has 1 saturated carbocycles. The molecule has 2 fully saturated rings. The van der Waals surface area contributed by atoms with Crippen LogP contribution in [0.1, 0.15) is 84.5 Å². The summed E-state index contributed by atoms with van der Waals surface area (Å²) in [6.07, 6.45) is 15.5. The van der Waals surface area contributed by atoms with Gasteiger partial charge < -0.3 is 10.6 Å². The van der Waals surface area contributed by atoms with Gasteiger partial charge in [0, 0.05) is 12.1 Å². The van der Waals surface area contributed by atoms with Crippen molar-refractivity contribution in [2.45, 2.75) is 96.6 Å². The molecule has 1 heterocycles. The van der Waals surface area contributed by atoms with Gasteiger partial charge in [-0.05, 0) is 57.0 Å². The van der Waals surface area contributed by atoms with Crippen LogP contribution in [0.4, 0.5) is 0 Å². The molecule has 0 radical (unpaired) electrons. The van der Waals surface area contributed by atoms with E-state index in [1.54, 1.807) is 0 Å². The maximum absolute atomic E-state index is 3.99. The smallest absolute Gasteiger partial charge is 0.0110 e. The number of rotatable bonds is 8. The normalized spacial score (nSPS) is 32.0. The first kappa shape index (κ1) is 17.3.